The number of fused-ring (bicyclic) bond motifs is 1. The van der Waals surface area contributed by atoms with Gasteiger partial charge in [-0.2, -0.15) is 21.0 Å². The van der Waals surface area contributed by atoms with Crippen LogP contribution in [0.3, 0.4) is 0 Å². The van der Waals surface area contributed by atoms with Crippen LogP contribution in [0.2, 0.25) is 5.02 Å². The maximum absolute atomic E-state index is 10.5. The molecular formula is C34H26BrClN10O4. The number of aromatic hydroxyl groups is 2. The number of nitrogens with zero attached hydrogens (tertiary/aromatic N) is 6. The Morgan fingerprint density at radius 2 is 1.46 bits per heavy atom. The van der Waals surface area contributed by atoms with Crippen molar-refractivity contribution in [1.29, 1.82) is 21.0 Å². The zero-order valence-electron chi connectivity index (χ0n) is 26.1. The number of halogens is 2. The van der Waals surface area contributed by atoms with E-state index in [9.17, 15) is 15.5 Å². The molecule has 4 aromatic rings. The fourth-order valence-corrected chi connectivity index (χ4v) is 5.03. The predicted octanol–water partition coefficient (Wildman–Crippen LogP) is 6.97. The van der Waals surface area contributed by atoms with Crippen molar-refractivity contribution >= 4 is 62.2 Å². The van der Waals surface area contributed by atoms with Gasteiger partial charge in [-0.3, -0.25) is 10.6 Å². The number of ether oxygens (including phenoxy) is 2. The molecule has 0 aliphatic carbocycles. The molecule has 250 valence electrons. The van der Waals surface area contributed by atoms with Gasteiger partial charge in [0.1, 0.15) is 17.5 Å². The summed E-state index contributed by atoms with van der Waals surface area (Å²) in [7, 11) is 0. The van der Waals surface area contributed by atoms with Crippen molar-refractivity contribution in [2.45, 2.75) is 19.8 Å². The van der Waals surface area contributed by atoms with Crippen molar-refractivity contribution in [2.75, 3.05) is 17.4 Å². The van der Waals surface area contributed by atoms with Crippen molar-refractivity contribution in [3.63, 3.8) is 0 Å². The molecule has 5 rings (SSSR count). The van der Waals surface area contributed by atoms with Crippen molar-refractivity contribution in [1.82, 2.24) is 10.6 Å². The Labute approximate surface area is 300 Å². The molecule has 6 N–H and O–H groups in total. The van der Waals surface area contributed by atoms with Crippen LogP contribution in [0.25, 0.3) is 0 Å². The third-order valence-corrected chi connectivity index (χ3v) is 7.81. The molecule has 14 nitrogen and oxygen atoms in total. The molecule has 0 amide bonds. The normalized spacial score (nSPS) is 11.4. The Balaban J connectivity index is 0.000000225. The third kappa shape index (κ3) is 8.82. The summed E-state index contributed by atoms with van der Waals surface area (Å²) < 4.78 is 10.9. The highest BCUT2D eigenvalue weighted by atomic mass is 79.9. The number of para-hydroxylation sites is 2. The lowest BCUT2D eigenvalue weighted by atomic mass is 10.0. The summed E-state index contributed by atoms with van der Waals surface area (Å²) >= 11 is 9.22. The molecular weight excluding hydrogens is 728 g/mol. The van der Waals surface area contributed by atoms with Gasteiger partial charge in [-0.25, -0.2) is 9.98 Å². The number of aliphatic imine (C=N–C) groups is 2. The minimum absolute atomic E-state index is 0.0347. The highest BCUT2D eigenvalue weighted by Crippen LogP contribution is 2.40. The average molecular weight is 754 g/mol. The molecule has 1 heterocycles. The third-order valence-electron chi connectivity index (χ3n) is 6.69. The molecule has 0 atom stereocenters. The van der Waals surface area contributed by atoms with Crippen LogP contribution >= 0.6 is 27.5 Å². The van der Waals surface area contributed by atoms with E-state index in [1.165, 1.54) is 12.1 Å². The van der Waals surface area contributed by atoms with E-state index in [4.69, 9.17) is 36.9 Å². The van der Waals surface area contributed by atoms with Crippen LogP contribution in [0.4, 0.5) is 22.7 Å². The van der Waals surface area contributed by atoms with Gasteiger partial charge in [0, 0.05) is 5.56 Å². The number of phenols is 2. The molecule has 0 saturated carbocycles. The van der Waals surface area contributed by atoms with E-state index in [2.05, 4.69) is 53.3 Å². The maximum Gasteiger partial charge on any atom is 0.231 e. The molecule has 0 aromatic heterocycles. The highest BCUT2D eigenvalue weighted by Gasteiger charge is 2.19. The second kappa shape index (κ2) is 17.5. The summed E-state index contributed by atoms with van der Waals surface area (Å²) in [6.07, 6.45) is 4.90. The Hall–Kier alpha value is -6.65. The summed E-state index contributed by atoms with van der Waals surface area (Å²) in [5.74, 6) is 1.00. The topological polar surface area (TPSA) is 227 Å². The molecule has 50 heavy (non-hydrogen) atoms. The SMILES string of the molecule is CCCc1c(C#N)ccc(NC(=Nc2ccccc2Cl)NC#N)c1O.N#CNC(=Nc1ccc(C#N)c(Br)c1O)Nc1cccc2c1OCO2. The first kappa shape index (κ1) is 36.2. The molecule has 16 heteroatoms. The predicted molar refractivity (Wildman–Crippen MR) is 190 cm³/mol. The van der Waals surface area contributed by atoms with E-state index in [0.29, 0.717) is 51.1 Å². The van der Waals surface area contributed by atoms with Gasteiger partial charge >= 0.3 is 0 Å². The largest absolute Gasteiger partial charge is 0.505 e. The number of phenolic OH excluding ortho intramolecular Hbond substituents is 2. The highest BCUT2D eigenvalue weighted by molar-refractivity contribution is 9.10. The summed E-state index contributed by atoms with van der Waals surface area (Å²) in [5.41, 5.74) is 2.77. The number of guanidine groups is 2. The van der Waals surface area contributed by atoms with Crippen molar-refractivity contribution in [3.8, 4) is 47.5 Å². The first-order valence-electron chi connectivity index (χ1n) is 14.6. The molecule has 0 fully saturated rings. The minimum atomic E-state index is -0.212. The number of anilines is 2. The number of hydrogen-bond donors (Lipinski definition) is 6. The zero-order valence-corrected chi connectivity index (χ0v) is 28.5. The van der Waals surface area contributed by atoms with Crippen LogP contribution in [0.15, 0.2) is 81.2 Å². The second-order valence-electron chi connectivity index (χ2n) is 9.89. The van der Waals surface area contributed by atoms with Crippen LogP contribution < -0.4 is 30.7 Å². The van der Waals surface area contributed by atoms with E-state index in [1.807, 2.05) is 13.0 Å². The van der Waals surface area contributed by atoms with Gasteiger partial charge in [-0.1, -0.05) is 43.1 Å². The van der Waals surface area contributed by atoms with Crippen molar-refractivity contribution in [2.24, 2.45) is 9.98 Å². The monoisotopic (exact) mass is 752 g/mol. The van der Waals surface area contributed by atoms with E-state index in [1.54, 1.807) is 67.0 Å². The summed E-state index contributed by atoms with van der Waals surface area (Å²) in [6, 6.07) is 22.3. The van der Waals surface area contributed by atoms with E-state index in [-0.39, 0.29) is 45.9 Å². The number of benzene rings is 4. The van der Waals surface area contributed by atoms with E-state index < -0.39 is 0 Å². The summed E-state index contributed by atoms with van der Waals surface area (Å²) in [6.45, 7) is 2.07. The van der Waals surface area contributed by atoms with Crippen LogP contribution in [0.1, 0.15) is 30.0 Å². The molecule has 0 saturated heterocycles. The number of hydrogen-bond acceptors (Lipinski definition) is 10. The molecule has 1 aliphatic heterocycles. The molecule has 0 bridgehead atoms. The van der Waals surface area contributed by atoms with Crippen LogP contribution in [0, 0.1) is 45.6 Å². The summed E-state index contributed by atoms with van der Waals surface area (Å²) in [4.78, 5) is 8.46. The van der Waals surface area contributed by atoms with Crippen LogP contribution in [0.5, 0.6) is 23.0 Å². The fraction of sp³-hybridized carbons (Fsp3) is 0.118. The zero-order chi connectivity index (χ0) is 36.0. The lowest BCUT2D eigenvalue weighted by Crippen LogP contribution is -2.26. The number of nitrogens with one attached hydrogen (secondary N) is 4. The molecule has 1 aliphatic rings. The Bertz CT molecular complexity index is 2130. The minimum Gasteiger partial charge on any atom is -0.505 e. The summed E-state index contributed by atoms with van der Waals surface area (Å²) in [5, 5.41) is 67.7. The first-order valence-corrected chi connectivity index (χ1v) is 15.7. The standard InChI is InChI=1S/C18H16ClN5O.C16H10BrN5O3/c1-2-5-13-12(10-20)8-9-16(17(13)25)24-18(22-11-21)23-15-7-4-3-6-14(15)19;17-13-9(6-18)4-5-10(14(13)23)21-16(20-7-19)22-11-2-1-3-12-15(11)25-8-24-12/h3-4,6-9,25H,2,5H2,1H3,(H2,22,23,24);1-5,23H,8H2,(H2,20,21,22). The van der Waals surface area contributed by atoms with E-state index >= 15 is 0 Å². The van der Waals surface area contributed by atoms with Gasteiger partial charge < -0.3 is 30.3 Å². The van der Waals surface area contributed by atoms with Gasteiger partial charge in [-0.05, 0) is 70.9 Å². The quantitative estimate of drug-likeness (QED) is 0.0386. The number of nitriles is 4. The Morgan fingerprint density at radius 3 is 2.12 bits per heavy atom. The van der Waals surface area contributed by atoms with Gasteiger partial charge in [0.15, 0.2) is 29.6 Å². The molecule has 0 spiro atoms. The maximum atomic E-state index is 10.5. The Morgan fingerprint density at radius 1 is 0.800 bits per heavy atom. The lowest BCUT2D eigenvalue weighted by molar-refractivity contribution is 0.174. The molecule has 0 radical (unpaired) electrons. The van der Waals surface area contributed by atoms with Crippen molar-refractivity contribution < 1.29 is 19.7 Å². The fourth-order valence-electron chi connectivity index (χ4n) is 4.42. The average Bonchev–Trinajstić information content (AvgIpc) is 3.60. The van der Waals surface area contributed by atoms with Gasteiger partial charge in [0.25, 0.3) is 0 Å². The van der Waals surface area contributed by atoms with Crippen LogP contribution in [-0.4, -0.2) is 28.9 Å². The van der Waals surface area contributed by atoms with Gasteiger partial charge in [-0.15, -0.1) is 0 Å². The second-order valence-corrected chi connectivity index (χ2v) is 11.1. The van der Waals surface area contributed by atoms with E-state index in [0.717, 1.165) is 6.42 Å². The molecule has 0 unspecified atom stereocenters. The van der Waals surface area contributed by atoms with Gasteiger partial charge in [0.05, 0.1) is 43.8 Å². The first-order chi connectivity index (χ1) is 24.2. The van der Waals surface area contributed by atoms with Gasteiger partial charge in [0.2, 0.25) is 18.7 Å². The van der Waals surface area contributed by atoms with Crippen LogP contribution in [-0.2, 0) is 6.42 Å². The Kier molecular flexibility index (Phi) is 12.7. The molecule has 4 aromatic carbocycles. The lowest BCUT2D eigenvalue weighted by Gasteiger charge is -2.13. The number of rotatable bonds is 6. The van der Waals surface area contributed by atoms with Crippen molar-refractivity contribution in [3.05, 3.63) is 92.9 Å². The smallest absolute Gasteiger partial charge is 0.231 e.